The Labute approximate surface area is 98.1 Å². The Balaban J connectivity index is 3.75. The van der Waals surface area contributed by atoms with Crippen molar-refractivity contribution in [2.75, 3.05) is 41.0 Å². The predicted molar refractivity (Wildman–Crippen MR) is 63.4 cm³/mol. The van der Waals surface area contributed by atoms with Crippen LogP contribution in [-0.2, 0) is 14.3 Å². The van der Waals surface area contributed by atoms with Gasteiger partial charge in [0, 0.05) is 33.9 Å². The van der Waals surface area contributed by atoms with Crippen LogP contribution in [0.3, 0.4) is 0 Å². The molecule has 0 fully saturated rings. The quantitative estimate of drug-likeness (QED) is 0.645. The highest BCUT2D eigenvalue weighted by atomic mass is 16.5. The van der Waals surface area contributed by atoms with Gasteiger partial charge in [-0.15, -0.1) is 0 Å². The molecule has 0 aliphatic heterocycles. The number of nitrogens with zero attached hydrogens (tertiary/aromatic N) is 1. The first-order chi connectivity index (χ1) is 7.52. The molecule has 16 heavy (non-hydrogen) atoms. The van der Waals surface area contributed by atoms with Crippen LogP contribution in [0.25, 0.3) is 0 Å². The van der Waals surface area contributed by atoms with Gasteiger partial charge < -0.3 is 19.7 Å². The second-order valence-corrected chi connectivity index (χ2v) is 4.04. The van der Waals surface area contributed by atoms with Crippen LogP contribution in [0.4, 0.5) is 0 Å². The molecule has 0 bridgehead atoms. The first-order valence-electron chi connectivity index (χ1n) is 5.51. The zero-order valence-corrected chi connectivity index (χ0v) is 10.9. The summed E-state index contributed by atoms with van der Waals surface area (Å²) in [5, 5.41) is 3.06. The van der Waals surface area contributed by atoms with Crippen LogP contribution in [0.15, 0.2) is 0 Å². The molecule has 0 aromatic carbocycles. The van der Waals surface area contributed by atoms with Gasteiger partial charge in [-0.2, -0.15) is 0 Å². The predicted octanol–water partition coefficient (Wildman–Crippen LogP) is 0.104. The second-order valence-electron chi connectivity index (χ2n) is 4.04. The number of rotatable bonds is 8. The van der Waals surface area contributed by atoms with Crippen molar-refractivity contribution in [2.45, 2.75) is 26.0 Å². The third-order valence-electron chi connectivity index (χ3n) is 2.50. The highest BCUT2D eigenvalue weighted by molar-refractivity contribution is 5.78. The number of nitrogens with one attached hydrogen (secondary N) is 1. The topological polar surface area (TPSA) is 50.8 Å². The first-order valence-corrected chi connectivity index (χ1v) is 5.51. The van der Waals surface area contributed by atoms with E-state index < -0.39 is 0 Å². The fourth-order valence-corrected chi connectivity index (χ4v) is 1.15. The Bertz CT molecular complexity index is 198. The van der Waals surface area contributed by atoms with E-state index in [0.717, 1.165) is 0 Å². The normalized spacial score (nSPS) is 12.9. The van der Waals surface area contributed by atoms with Gasteiger partial charge in [0.05, 0.1) is 19.3 Å². The summed E-state index contributed by atoms with van der Waals surface area (Å²) < 4.78 is 10.1. The fourth-order valence-electron chi connectivity index (χ4n) is 1.15. The molecular formula is C11H24N2O3. The number of amides is 1. The largest absolute Gasteiger partial charge is 0.382 e. The molecule has 0 saturated heterocycles. The SMILES string of the molecule is COCC(CNCC(=O)N(C)C(C)C)OC. The molecule has 96 valence electrons. The van der Waals surface area contributed by atoms with Crippen molar-refractivity contribution in [3.8, 4) is 0 Å². The van der Waals surface area contributed by atoms with Gasteiger partial charge in [-0.1, -0.05) is 0 Å². The van der Waals surface area contributed by atoms with Crippen LogP contribution in [0.2, 0.25) is 0 Å². The lowest BCUT2D eigenvalue weighted by Crippen LogP contribution is -2.42. The molecule has 0 rings (SSSR count). The summed E-state index contributed by atoms with van der Waals surface area (Å²) in [6, 6.07) is 0.228. The molecule has 5 heteroatoms. The molecule has 0 aromatic heterocycles. The number of methoxy groups -OCH3 is 2. The highest BCUT2D eigenvalue weighted by Crippen LogP contribution is 1.94. The second kappa shape index (κ2) is 8.50. The minimum atomic E-state index is -0.0119. The van der Waals surface area contributed by atoms with E-state index in [1.165, 1.54) is 0 Å². The maximum absolute atomic E-state index is 11.6. The monoisotopic (exact) mass is 232 g/mol. The molecule has 0 radical (unpaired) electrons. The number of carbonyl (C=O) groups excluding carboxylic acids is 1. The first kappa shape index (κ1) is 15.3. The van der Waals surface area contributed by atoms with E-state index in [-0.39, 0.29) is 18.1 Å². The zero-order chi connectivity index (χ0) is 12.6. The van der Waals surface area contributed by atoms with Crippen molar-refractivity contribution in [2.24, 2.45) is 0 Å². The van der Waals surface area contributed by atoms with Crippen LogP contribution in [0, 0.1) is 0 Å². The molecule has 0 spiro atoms. The third kappa shape index (κ3) is 6.05. The van der Waals surface area contributed by atoms with Crippen LogP contribution in [-0.4, -0.2) is 63.9 Å². The Hall–Kier alpha value is -0.650. The summed E-state index contributed by atoms with van der Waals surface area (Å²) in [6.07, 6.45) is -0.0119. The van der Waals surface area contributed by atoms with Crippen LogP contribution in [0.1, 0.15) is 13.8 Å². The van der Waals surface area contributed by atoms with E-state index in [9.17, 15) is 4.79 Å². The summed E-state index contributed by atoms with van der Waals surface area (Å²) >= 11 is 0. The minimum absolute atomic E-state index is 0.0119. The number of hydrogen-bond donors (Lipinski definition) is 1. The molecule has 0 aromatic rings. The highest BCUT2D eigenvalue weighted by Gasteiger charge is 2.12. The standard InChI is InChI=1S/C11H24N2O3/c1-9(2)13(3)11(14)7-12-6-10(16-5)8-15-4/h9-10,12H,6-8H2,1-5H3. The Morgan fingerprint density at radius 1 is 1.38 bits per heavy atom. The van der Waals surface area contributed by atoms with Gasteiger partial charge in [-0.25, -0.2) is 0 Å². The number of ether oxygens (including phenoxy) is 2. The van der Waals surface area contributed by atoms with Crippen molar-refractivity contribution < 1.29 is 14.3 Å². The number of likely N-dealkylation sites (N-methyl/N-ethyl adjacent to an activating group) is 1. The van der Waals surface area contributed by atoms with Gasteiger partial charge in [-0.05, 0) is 13.8 Å². The van der Waals surface area contributed by atoms with Gasteiger partial charge in [0.1, 0.15) is 0 Å². The Kier molecular flexibility index (Phi) is 8.15. The third-order valence-corrected chi connectivity index (χ3v) is 2.50. The van der Waals surface area contributed by atoms with Gasteiger partial charge in [0.15, 0.2) is 0 Å². The minimum Gasteiger partial charge on any atom is -0.382 e. The molecule has 5 nitrogen and oxygen atoms in total. The van der Waals surface area contributed by atoms with E-state index in [1.54, 1.807) is 26.2 Å². The van der Waals surface area contributed by atoms with Gasteiger partial charge in [0.25, 0.3) is 0 Å². The maximum Gasteiger partial charge on any atom is 0.236 e. The lowest BCUT2D eigenvalue weighted by Gasteiger charge is -2.22. The van der Waals surface area contributed by atoms with E-state index in [4.69, 9.17) is 9.47 Å². The molecule has 1 N–H and O–H groups in total. The summed E-state index contributed by atoms with van der Waals surface area (Å²) in [5.41, 5.74) is 0. The van der Waals surface area contributed by atoms with Crippen molar-refractivity contribution in [3.05, 3.63) is 0 Å². The Morgan fingerprint density at radius 3 is 2.44 bits per heavy atom. The van der Waals surface area contributed by atoms with Gasteiger partial charge in [0.2, 0.25) is 5.91 Å². The summed E-state index contributed by atoms with van der Waals surface area (Å²) in [7, 11) is 5.06. The van der Waals surface area contributed by atoms with E-state index >= 15 is 0 Å². The number of carbonyl (C=O) groups is 1. The molecule has 1 amide bonds. The molecule has 1 unspecified atom stereocenters. The number of hydrogen-bond acceptors (Lipinski definition) is 4. The van der Waals surface area contributed by atoms with Crippen LogP contribution < -0.4 is 5.32 Å². The Morgan fingerprint density at radius 2 is 2.00 bits per heavy atom. The summed E-state index contributed by atoms with van der Waals surface area (Å²) in [4.78, 5) is 13.3. The van der Waals surface area contributed by atoms with E-state index in [0.29, 0.717) is 19.7 Å². The molecule has 0 aliphatic rings. The molecular weight excluding hydrogens is 208 g/mol. The van der Waals surface area contributed by atoms with Crippen molar-refractivity contribution >= 4 is 5.91 Å². The smallest absolute Gasteiger partial charge is 0.236 e. The van der Waals surface area contributed by atoms with Crippen LogP contribution in [0.5, 0.6) is 0 Å². The average molecular weight is 232 g/mol. The maximum atomic E-state index is 11.6. The lowest BCUT2D eigenvalue weighted by molar-refractivity contribution is -0.130. The summed E-state index contributed by atoms with van der Waals surface area (Å²) in [5.74, 6) is 0.0854. The zero-order valence-electron chi connectivity index (χ0n) is 10.9. The van der Waals surface area contributed by atoms with Crippen molar-refractivity contribution in [1.82, 2.24) is 10.2 Å². The fraction of sp³-hybridized carbons (Fsp3) is 0.909. The van der Waals surface area contributed by atoms with Crippen LogP contribution >= 0.6 is 0 Å². The molecule has 1 atom stereocenters. The van der Waals surface area contributed by atoms with Crippen molar-refractivity contribution in [3.63, 3.8) is 0 Å². The average Bonchev–Trinajstić information content (AvgIpc) is 2.26. The van der Waals surface area contributed by atoms with E-state index in [2.05, 4.69) is 5.32 Å². The molecule has 0 heterocycles. The molecule has 0 aliphatic carbocycles. The van der Waals surface area contributed by atoms with Crippen molar-refractivity contribution in [1.29, 1.82) is 0 Å². The summed E-state index contributed by atoms with van der Waals surface area (Å²) in [6.45, 7) is 5.44. The van der Waals surface area contributed by atoms with Gasteiger partial charge in [-0.3, -0.25) is 4.79 Å². The molecule has 0 saturated carbocycles. The lowest BCUT2D eigenvalue weighted by atomic mass is 10.3. The van der Waals surface area contributed by atoms with E-state index in [1.807, 2.05) is 13.8 Å². The van der Waals surface area contributed by atoms with Gasteiger partial charge >= 0.3 is 0 Å².